The molecule has 0 fully saturated rings. The summed E-state index contributed by atoms with van der Waals surface area (Å²) in [5.41, 5.74) is -9.50. The summed E-state index contributed by atoms with van der Waals surface area (Å²) in [6, 6.07) is -31.0. The Morgan fingerprint density at radius 1 is 0.396 bits per heavy atom. The van der Waals surface area contributed by atoms with Crippen molar-refractivity contribution in [2.45, 2.75) is 0 Å². The van der Waals surface area contributed by atoms with Crippen molar-refractivity contribution in [3.05, 3.63) is 193 Å². The van der Waals surface area contributed by atoms with Crippen LogP contribution in [0.3, 0.4) is 0 Å². The highest BCUT2D eigenvalue weighted by molar-refractivity contribution is 7.20. The standard InChI is InChI=1S/C50H32N2S/c1-4-14-33(15-5-1)45-46(34-16-6-2-7-17-34)50(53-49(45)37-18-8-3-9-19-37)39-21-12-20-38(32-39)40-28-29-43(42-24-11-10-23-41(40)42)44-30-27-36-26-25-35-22-13-31-51-47(35)48(36)52-44/h1-32H/i1D,2D,3D,4D,5D,6D,7D,8D,9D,10D,11D,12D,13D,14D,15D,16D,17D,18D,19D,20D,21D,22D,23D,24D,25D,26D,27D,28D,29D,30D,31D,32D. The number of hydrogen-bond acceptors (Lipinski definition) is 3. The van der Waals surface area contributed by atoms with Gasteiger partial charge in [0.25, 0.3) is 0 Å². The first-order valence-electron chi connectivity index (χ1n) is 31.3. The molecule has 10 rings (SSSR count). The van der Waals surface area contributed by atoms with Crippen LogP contribution >= 0.6 is 11.3 Å². The number of nitrogens with zero attached hydrogens (tertiary/aromatic N) is 2. The van der Waals surface area contributed by atoms with Crippen molar-refractivity contribution in [1.29, 1.82) is 0 Å². The Kier molecular flexibility index (Phi) is 3.09. The van der Waals surface area contributed by atoms with Crippen molar-refractivity contribution in [1.82, 2.24) is 9.97 Å². The molecule has 53 heavy (non-hydrogen) atoms. The van der Waals surface area contributed by atoms with Gasteiger partial charge >= 0.3 is 0 Å². The topological polar surface area (TPSA) is 25.8 Å². The lowest BCUT2D eigenvalue weighted by atomic mass is 9.90. The van der Waals surface area contributed by atoms with Crippen LogP contribution in [0.2, 0.25) is 0 Å². The van der Waals surface area contributed by atoms with Gasteiger partial charge in [0.05, 0.1) is 60.6 Å². The molecule has 7 aromatic carbocycles. The van der Waals surface area contributed by atoms with E-state index < -0.39 is 292 Å². The van der Waals surface area contributed by atoms with Crippen molar-refractivity contribution < 1.29 is 43.9 Å². The Morgan fingerprint density at radius 3 is 1.62 bits per heavy atom. The Labute approximate surface area is 357 Å². The van der Waals surface area contributed by atoms with Crippen LogP contribution in [0.15, 0.2) is 193 Å². The van der Waals surface area contributed by atoms with Gasteiger partial charge in [0, 0.05) is 43.4 Å². The van der Waals surface area contributed by atoms with Crippen molar-refractivity contribution in [2.75, 3.05) is 0 Å². The Balaban J connectivity index is 1.44. The van der Waals surface area contributed by atoms with Crippen LogP contribution < -0.4 is 0 Å². The number of fused-ring (bicyclic) bond motifs is 4. The van der Waals surface area contributed by atoms with Gasteiger partial charge in [0.1, 0.15) is 0 Å². The first-order chi connectivity index (χ1) is 39.6. The van der Waals surface area contributed by atoms with E-state index in [0.29, 0.717) is 0 Å². The van der Waals surface area contributed by atoms with E-state index in [-0.39, 0.29) is 11.3 Å². The maximum absolute atomic E-state index is 10.1. The van der Waals surface area contributed by atoms with Crippen LogP contribution in [-0.4, -0.2) is 9.97 Å². The fraction of sp³-hybridized carbons (Fsp3) is 0. The highest BCUT2D eigenvalue weighted by atomic mass is 32.1. The minimum atomic E-state index is -1.17. The van der Waals surface area contributed by atoms with Crippen LogP contribution in [0, 0.1) is 0 Å². The molecule has 3 heterocycles. The molecule has 3 aromatic heterocycles. The molecule has 0 unspecified atom stereocenters. The Bertz CT molecular complexity index is 4720. The molecule has 0 saturated carbocycles. The second kappa shape index (κ2) is 13.1. The summed E-state index contributed by atoms with van der Waals surface area (Å²) in [6.45, 7) is 0. The molecule has 0 atom stereocenters. The first-order valence-corrected chi connectivity index (χ1v) is 16.1. The lowest BCUT2D eigenvalue weighted by Crippen LogP contribution is -1.91. The minimum absolute atomic E-state index is 0.235. The second-order valence-corrected chi connectivity index (χ2v) is 11.9. The smallest absolute Gasteiger partial charge is 0.0972 e. The third-order valence-electron chi connectivity index (χ3n) is 7.93. The SMILES string of the molecule is [2H]c1nc2c(c([2H])c1[2H])c([2H])c([2H])c1c([2H])c([2H])c(-c3c([2H])c([2H])c(-c4c([2H])c([2H])c([2H])c(-c5sc(-c6c([2H])c([2H])c([2H])c([2H])c6[2H])c(-c6c([2H])c([2H])c([2H])c([2H])c6[2H])c5-c5c([2H])c([2H])c([2H])c([2H])c5[2H])c4[2H])c4c([2H])c([2H])c([2H])c([2H])c34)nc12. The van der Waals surface area contributed by atoms with Crippen LogP contribution in [0.1, 0.15) is 43.9 Å². The van der Waals surface area contributed by atoms with E-state index >= 15 is 0 Å². The second-order valence-electron chi connectivity index (χ2n) is 10.9. The first kappa shape index (κ1) is 12.5. The van der Waals surface area contributed by atoms with E-state index in [1.807, 2.05) is 0 Å². The average Bonchev–Trinajstić information content (AvgIpc) is 2.51. The van der Waals surface area contributed by atoms with Crippen LogP contribution in [0.25, 0.3) is 98.1 Å². The van der Waals surface area contributed by atoms with Gasteiger partial charge in [-0.15, -0.1) is 11.3 Å². The van der Waals surface area contributed by atoms with Crippen LogP contribution in [0.4, 0.5) is 0 Å². The highest BCUT2D eigenvalue weighted by Gasteiger charge is 2.23. The molecule has 0 aliphatic heterocycles. The van der Waals surface area contributed by atoms with E-state index in [1.54, 1.807) is 0 Å². The van der Waals surface area contributed by atoms with Crippen LogP contribution in [0.5, 0.6) is 0 Å². The molecule has 0 spiro atoms. The van der Waals surface area contributed by atoms with Gasteiger partial charge in [0.2, 0.25) is 0 Å². The van der Waals surface area contributed by atoms with Crippen molar-refractivity contribution in [3.8, 4) is 65.5 Å². The van der Waals surface area contributed by atoms with E-state index in [0.717, 1.165) is 0 Å². The monoisotopic (exact) mass is 724 g/mol. The van der Waals surface area contributed by atoms with Crippen molar-refractivity contribution in [2.24, 2.45) is 0 Å². The summed E-state index contributed by atoms with van der Waals surface area (Å²) >= 11 is 0.235. The van der Waals surface area contributed by atoms with Gasteiger partial charge in [-0.1, -0.05) is 169 Å². The predicted molar refractivity (Wildman–Crippen MR) is 225 cm³/mol. The number of hydrogen-bond donors (Lipinski definition) is 0. The summed E-state index contributed by atoms with van der Waals surface area (Å²) in [5.74, 6) is 0. The molecule has 248 valence electrons. The van der Waals surface area contributed by atoms with E-state index in [9.17, 15) is 17.8 Å². The predicted octanol–water partition coefficient (Wildman–Crippen LogP) is 14.0. The van der Waals surface area contributed by atoms with E-state index in [2.05, 4.69) is 9.97 Å². The van der Waals surface area contributed by atoms with Crippen molar-refractivity contribution >= 4 is 43.9 Å². The summed E-state index contributed by atoms with van der Waals surface area (Å²) in [5, 5.41) is -2.60. The zero-order valence-corrected chi connectivity index (χ0v) is 27.1. The molecule has 0 amide bonds. The molecule has 3 heteroatoms. The summed E-state index contributed by atoms with van der Waals surface area (Å²) in [6.07, 6.45) is -0.804. The molecular weight excluding hydrogens is 661 g/mol. The third-order valence-corrected chi connectivity index (χ3v) is 9.15. The lowest BCUT2D eigenvalue weighted by Gasteiger charge is -2.14. The highest BCUT2D eigenvalue weighted by Crippen LogP contribution is 2.52. The number of rotatable bonds is 6. The van der Waals surface area contributed by atoms with Gasteiger partial charge < -0.3 is 0 Å². The molecule has 10 aromatic rings. The molecule has 2 nitrogen and oxygen atoms in total. The fourth-order valence-electron chi connectivity index (χ4n) is 5.69. The molecule has 0 aliphatic rings. The normalized spacial score (nSPS) is 19.8. The minimum Gasteiger partial charge on any atom is -0.254 e. The zero-order valence-electron chi connectivity index (χ0n) is 58.3. The lowest BCUT2D eigenvalue weighted by molar-refractivity contribution is 1.37. The van der Waals surface area contributed by atoms with Gasteiger partial charge in [-0.2, -0.15) is 0 Å². The maximum Gasteiger partial charge on any atom is 0.0972 e. The van der Waals surface area contributed by atoms with E-state index in [1.165, 1.54) is 0 Å². The molecule has 0 aliphatic carbocycles. The number of benzene rings is 7. The summed E-state index contributed by atoms with van der Waals surface area (Å²) in [4.78, 5) is 7.10. The van der Waals surface area contributed by atoms with Gasteiger partial charge in [0.15, 0.2) is 0 Å². The van der Waals surface area contributed by atoms with Crippen molar-refractivity contribution in [3.63, 3.8) is 0 Å². The summed E-state index contributed by atoms with van der Waals surface area (Å²) < 4.78 is 288. The molecule has 0 saturated heterocycles. The molecule has 0 radical (unpaired) electrons. The van der Waals surface area contributed by atoms with Gasteiger partial charge in [-0.3, -0.25) is 4.98 Å². The zero-order chi connectivity index (χ0) is 63.0. The maximum atomic E-state index is 10.1. The molecular formula is C50H32N2S. The molecule has 0 bridgehead atoms. The fourth-order valence-corrected chi connectivity index (χ4v) is 6.92. The Morgan fingerprint density at radius 2 is 0.925 bits per heavy atom. The van der Waals surface area contributed by atoms with Gasteiger partial charge in [-0.25, -0.2) is 4.98 Å². The van der Waals surface area contributed by atoms with E-state index in [4.69, 9.17) is 26.0 Å². The van der Waals surface area contributed by atoms with Gasteiger partial charge in [-0.05, 0) is 62.3 Å². The number of aromatic nitrogens is 2. The summed E-state index contributed by atoms with van der Waals surface area (Å²) in [7, 11) is 0. The third kappa shape index (κ3) is 5.50. The largest absolute Gasteiger partial charge is 0.254 e. The average molecular weight is 725 g/mol. The quantitative estimate of drug-likeness (QED) is 0.160. The molecule has 0 N–H and O–H groups in total. The Hall–Kier alpha value is -6.68. The number of pyridine rings is 2. The van der Waals surface area contributed by atoms with Crippen LogP contribution in [-0.2, 0) is 0 Å². The number of thiophene rings is 1.